The maximum absolute atomic E-state index is 12.0. The second-order valence-corrected chi connectivity index (χ2v) is 6.09. The van der Waals surface area contributed by atoms with Crippen molar-refractivity contribution in [3.05, 3.63) is 21.4 Å². The van der Waals surface area contributed by atoms with E-state index in [-0.39, 0.29) is 12.5 Å². The van der Waals surface area contributed by atoms with Crippen molar-refractivity contribution >= 4 is 17.2 Å². The number of aliphatic hydroxyl groups is 1. The fourth-order valence-corrected chi connectivity index (χ4v) is 3.02. The molecular formula is C15H25NO2S. The predicted molar refractivity (Wildman–Crippen MR) is 80.9 cm³/mol. The third-order valence-electron chi connectivity index (χ3n) is 3.13. The quantitative estimate of drug-likeness (QED) is 0.683. The Balaban J connectivity index is 2.31. The lowest BCUT2D eigenvalue weighted by molar-refractivity contribution is 0.0957. The summed E-state index contributed by atoms with van der Waals surface area (Å²) in [5, 5.41) is 11.6. The molecular weight excluding hydrogens is 258 g/mol. The van der Waals surface area contributed by atoms with Crippen LogP contribution in [-0.2, 0) is 6.42 Å². The topological polar surface area (TPSA) is 49.3 Å². The summed E-state index contributed by atoms with van der Waals surface area (Å²) in [5.41, 5.74) is 1.31. The summed E-state index contributed by atoms with van der Waals surface area (Å²) in [4.78, 5) is 14.1. The fraction of sp³-hybridized carbons (Fsp3) is 0.667. The van der Waals surface area contributed by atoms with Crippen molar-refractivity contribution in [1.82, 2.24) is 5.32 Å². The van der Waals surface area contributed by atoms with Gasteiger partial charge >= 0.3 is 0 Å². The lowest BCUT2D eigenvalue weighted by atomic mass is 10.1. The Hall–Kier alpha value is -0.870. The van der Waals surface area contributed by atoms with Crippen LogP contribution in [-0.4, -0.2) is 24.2 Å². The first-order valence-corrected chi connectivity index (χ1v) is 7.99. The molecule has 0 bridgehead atoms. The van der Waals surface area contributed by atoms with Gasteiger partial charge in [0.15, 0.2) is 0 Å². The van der Waals surface area contributed by atoms with Gasteiger partial charge in [0.1, 0.15) is 0 Å². The zero-order valence-corrected chi connectivity index (χ0v) is 12.8. The van der Waals surface area contributed by atoms with E-state index >= 15 is 0 Å². The van der Waals surface area contributed by atoms with Crippen LogP contribution in [0.3, 0.4) is 0 Å². The average Bonchev–Trinajstić information content (AvgIpc) is 2.76. The minimum Gasteiger partial charge on any atom is -0.396 e. The van der Waals surface area contributed by atoms with Crippen LogP contribution in [0, 0.1) is 6.92 Å². The molecule has 1 heterocycles. The van der Waals surface area contributed by atoms with E-state index in [2.05, 4.69) is 19.2 Å². The van der Waals surface area contributed by atoms with Gasteiger partial charge in [-0.25, -0.2) is 0 Å². The van der Waals surface area contributed by atoms with Gasteiger partial charge in [-0.3, -0.25) is 4.79 Å². The lowest BCUT2D eigenvalue weighted by Crippen LogP contribution is -2.23. The lowest BCUT2D eigenvalue weighted by Gasteiger charge is -2.03. The molecule has 0 aliphatic heterocycles. The SMILES string of the molecule is CCCc1cc(C(=O)NCCCCCCO)sc1C. The number of aryl methyl sites for hydroxylation is 2. The highest BCUT2D eigenvalue weighted by Crippen LogP contribution is 2.22. The van der Waals surface area contributed by atoms with Crippen LogP contribution >= 0.6 is 11.3 Å². The first-order chi connectivity index (χ1) is 9.19. The van der Waals surface area contributed by atoms with Gasteiger partial charge in [0.2, 0.25) is 0 Å². The van der Waals surface area contributed by atoms with Gasteiger partial charge in [0, 0.05) is 18.0 Å². The summed E-state index contributed by atoms with van der Waals surface area (Å²) in [6.07, 6.45) is 6.10. The molecule has 4 heteroatoms. The zero-order valence-electron chi connectivity index (χ0n) is 12.0. The number of carbonyl (C=O) groups is 1. The molecule has 1 aromatic heterocycles. The van der Waals surface area contributed by atoms with Crippen molar-refractivity contribution in [3.8, 4) is 0 Å². The van der Waals surface area contributed by atoms with E-state index in [1.807, 2.05) is 6.07 Å². The molecule has 0 unspecified atom stereocenters. The number of carbonyl (C=O) groups excluding carboxylic acids is 1. The third kappa shape index (κ3) is 5.74. The van der Waals surface area contributed by atoms with Crippen LogP contribution in [0.2, 0.25) is 0 Å². The van der Waals surface area contributed by atoms with Gasteiger partial charge in [0.25, 0.3) is 5.91 Å². The van der Waals surface area contributed by atoms with Crippen molar-refractivity contribution in [1.29, 1.82) is 0 Å². The summed E-state index contributed by atoms with van der Waals surface area (Å²) in [6, 6.07) is 2.03. The first-order valence-electron chi connectivity index (χ1n) is 7.17. The van der Waals surface area contributed by atoms with Crippen LogP contribution < -0.4 is 5.32 Å². The molecule has 0 radical (unpaired) electrons. The largest absolute Gasteiger partial charge is 0.396 e. The second-order valence-electron chi connectivity index (χ2n) is 4.84. The molecule has 0 aliphatic rings. The maximum Gasteiger partial charge on any atom is 0.261 e. The number of unbranched alkanes of at least 4 members (excludes halogenated alkanes) is 3. The highest BCUT2D eigenvalue weighted by molar-refractivity contribution is 7.14. The zero-order chi connectivity index (χ0) is 14.1. The molecule has 0 saturated carbocycles. The Labute approximate surface area is 120 Å². The Bertz CT molecular complexity index is 387. The standard InChI is InChI=1S/C15H25NO2S/c1-3-8-13-11-14(19-12(13)2)15(18)16-9-6-4-5-7-10-17/h11,17H,3-10H2,1-2H3,(H,16,18). The molecule has 2 N–H and O–H groups in total. The number of amides is 1. The highest BCUT2D eigenvalue weighted by atomic mass is 32.1. The summed E-state index contributed by atoms with van der Waals surface area (Å²) in [7, 11) is 0. The number of nitrogens with one attached hydrogen (secondary N) is 1. The Morgan fingerprint density at radius 1 is 1.32 bits per heavy atom. The van der Waals surface area contributed by atoms with Crippen LogP contribution in [0.1, 0.15) is 59.1 Å². The second kappa shape index (κ2) is 9.10. The average molecular weight is 283 g/mol. The minimum absolute atomic E-state index is 0.0533. The third-order valence-corrected chi connectivity index (χ3v) is 4.23. The van der Waals surface area contributed by atoms with E-state index in [0.717, 1.165) is 49.9 Å². The van der Waals surface area contributed by atoms with E-state index in [1.165, 1.54) is 10.4 Å². The van der Waals surface area contributed by atoms with E-state index in [9.17, 15) is 4.79 Å². The maximum atomic E-state index is 12.0. The molecule has 1 rings (SSSR count). The van der Waals surface area contributed by atoms with Crippen molar-refractivity contribution in [2.24, 2.45) is 0 Å². The molecule has 1 amide bonds. The molecule has 0 saturated heterocycles. The number of rotatable bonds is 9. The Morgan fingerprint density at radius 2 is 2.05 bits per heavy atom. The smallest absolute Gasteiger partial charge is 0.261 e. The highest BCUT2D eigenvalue weighted by Gasteiger charge is 2.11. The number of hydrogen-bond donors (Lipinski definition) is 2. The first kappa shape index (κ1) is 16.2. The molecule has 0 aromatic carbocycles. The van der Waals surface area contributed by atoms with Gasteiger partial charge in [-0.2, -0.15) is 0 Å². The van der Waals surface area contributed by atoms with E-state index in [1.54, 1.807) is 11.3 Å². The Morgan fingerprint density at radius 3 is 2.74 bits per heavy atom. The van der Waals surface area contributed by atoms with Crippen molar-refractivity contribution in [2.45, 2.75) is 52.4 Å². The number of thiophene rings is 1. The molecule has 3 nitrogen and oxygen atoms in total. The van der Waals surface area contributed by atoms with Gasteiger partial charge < -0.3 is 10.4 Å². The van der Waals surface area contributed by atoms with Gasteiger partial charge in [-0.05, 0) is 37.8 Å². The molecule has 0 atom stereocenters. The molecule has 0 aliphatic carbocycles. The number of hydrogen-bond acceptors (Lipinski definition) is 3. The summed E-state index contributed by atoms with van der Waals surface area (Å²) in [6.45, 7) is 5.23. The minimum atomic E-state index is 0.0533. The Kier molecular flexibility index (Phi) is 7.75. The normalized spacial score (nSPS) is 10.7. The molecule has 108 valence electrons. The molecule has 19 heavy (non-hydrogen) atoms. The fourth-order valence-electron chi connectivity index (χ4n) is 2.03. The van der Waals surface area contributed by atoms with E-state index < -0.39 is 0 Å². The number of aliphatic hydroxyl groups excluding tert-OH is 1. The monoisotopic (exact) mass is 283 g/mol. The van der Waals surface area contributed by atoms with E-state index in [4.69, 9.17) is 5.11 Å². The van der Waals surface area contributed by atoms with Crippen molar-refractivity contribution < 1.29 is 9.90 Å². The van der Waals surface area contributed by atoms with Crippen molar-refractivity contribution in [2.75, 3.05) is 13.2 Å². The van der Waals surface area contributed by atoms with Crippen LogP contribution in [0.15, 0.2) is 6.07 Å². The van der Waals surface area contributed by atoms with Crippen LogP contribution in [0.4, 0.5) is 0 Å². The predicted octanol–water partition coefficient (Wildman–Crippen LogP) is 3.29. The van der Waals surface area contributed by atoms with Crippen molar-refractivity contribution in [3.63, 3.8) is 0 Å². The van der Waals surface area contributed by atoms with Gasteiger partial charge in [-0.1, -0.05) is 26.2 Å². The van der Waals surface area contributed by atoms with E-state index in [0.29, 0.717) is 0 Å². The van der Waals surface area contributed by atoms with Crippen LogP contribution in [0.5, 0.6) is 0 Å². The van der Waals surface area contributed by atoms with Crippen LogP contribution in [0.25, 0.3) is 0 Å². The molecule has 0 spiro atoms. The van der Waals surface area contributed by atoms with Gasteiger partial charge in [0.05, 0.1) is 4.88 Å². The molecule has 0 fully saturated rings. The summed E-state index contributed by atoms with van der Waals surface area (Å²) >= 11 is 1.59. The molecule has 1 aromatic rings. The summed E-state index contributed by atoms with van der Waals surface area (Å²) in [5.74, 6) is 0.0533. The summed E-state index contributed by atoms with van der Waals surface area (Å²) < 4.78 is 0. The van der Waals surface area contributed by atoms with Gasteiger partial charge in [-0.15, -0.1) is 11.3 Å².